The fourth-order valence-corrected chi connectivity index (χ4v) is 7.32. The Morgan fingerprint density at radius 3 is 1.38 bits per heavy atom. The largest absolute Gasteiger partial charge is 0.506 e. The first-order valence-corrected chi connectivity index (χ1v) is 19.7. The number of unbranched alkanes of at least 4 members (excludes halogenated alkanes) is 1. The number of hydrogen-bond acceptors (Lipinski definition) is 4. The fraction of sp³-hybridized carbons (Fsp3) is 0.417. The number of aromatic hydroxyl groups is 1. The molecular weight excluding hydrogens is 657 g/mol. The Hall–Kier alpha value is -3.86. The van der Waals surface area contributed by atoms with Crippen molar-refractivity contribution in [3.63, 3.8) is 0 Å². The van der Waals surface area contributed by atoms with Gasteiger partial charge in [0.2, 0.25) is 0 Å². The molecule has 5 aromatic rings. The van der Waals surface area contributed by atoms with E-state index < -0.39 is 0 Å². The van der Waals surface area contributed by atoms with Crippen molar-refractivity contribution >= 4 is 11.3 Å². The number of aliphatic hydroxyl groups excluding tert-OH is 1. The van der Waals surface area contributed by atoms with Gasteiger partial charge < -0.3 is 14.9 Å². The third kappa shape index (κ3) is 9.01. The molecule has 0 amide bonds. The van der Waals surface area contributed by atoms with Crippen LogP contribution in [0.5, 0.6) is 11.5 Å². The zero-order valence-corrected chi connectivity index (χ0v) is 34.4. The average molecular weight is 717 g/mol. The number of aliphatic hydroxyl groups is 1. The van der Waals surface area contributed by atoms with Crippen molar-refractivity contribution in [1.82, 2.24) is 0 Å². The maximum Gasteiger partial charge on any atom is 0.142 e. The van der Waals surface area contributed by atoms with E-state index in [1.54, 1.807) is 11.3 Å². The molecule has 1 heterocycles. The summed E-state index contributed by atoms with van der Waals surface area (Å²) in [7, 11) is 0. The van der Waals surface area contributed by atoms with Crippen molar-refractivity contribution < 1.29 is 14.9 Å². The highest BCUT2D eigenvalue weighted by molar-refractivity contribution is 7.14. The van der Waals surface area contributed by atoms with E-state index in [-0.39, 0.29) is 34.0 Å². The van der Waals surface area contributed by atoms with Gasteiger partial charge in [-0.2, -0.15) is 0 Å². The lowest BCUT2D eigenvalue weighted by Gasteiger charge is -2.27. The fourth-order valence-electron chi connectivity index (χ4n) is 6.37. The summed E-state index contributed by atoms with van der Waals surface area (Å²) in [6.45, 7) is 28.1. The number of benzene rings is 4. The molecule has 0 radical (unpaired) electrons. The molecule has 0 atom stereocenters. The van der Waals surface area contributed by atoms with Gasteiger partial charge in [0.15, 0.2) is 0 Å². The van der Waals surface area contributed by atoms with Crippen LogP contribution in [0, 0.1) is 0 Å². The standard InChI is InChI=1S/C48H60O3S/c1-45(2,3)36-24-33(25-37(28-36)46(4,5)6)31-21-32(34-26-38(47(7,8)9)29-39(27-34)48(10,11)12)23-35(22-31)44-43(50)41(30-52-44)40-17-13-14-18-42(40)51-20-16-15-19-49/h13-14,17-18,21-30,49-50H,15-16,19-20H2,1-12H3. The van der Waals surface area contributed by atoms with Crippen LogP contribution >= 0.6 is 11.3 Å². The maximum absolute atomic E-state index is 12.0. The van der Waals surface area contributed by atoms with Crippen LogP contribution in [0.3, 0.4) is 0 Å². The van der Waals surface area contributed by atoms with Gasteiger partial charge in [-0.05, 0) is 109 Å². The van der Waals surface area contributed by atoms with Gasteiger partial charge in [-0.25, -0.2) is 0 Å². The predicted octanol–water partition coefficient (Wildman–Crippen LogP) is 13.5. The molecule has 276 valence electrons. The lowest BCUT2D eigenvalue weighted by molar-refractivity contribution is 0.253. The number of hydrogen-bond donors (Lipinski definition) is 2. The van der Waals surface area contributed by atoms with Crippen molar-refractivity contribution in [2.24, 2.45) is 0 Å². The number of thiophene rings is 1. The number of para-hydroxylation sites is 1. The van der Waals surface area contributed by atoms with Gasteiger partial charge in [-0.3, -0.25) is 0 Å². The van der Waals surface area contributed by atoms with Gasteiger partial charge in [-0.15, -0.1) is 11.3 Å². The van der Waals surface area contributed by atoms with Crippen molar-refractivity contribution in [2.45, 2.75) is 118 Å². The second-order valence-electron chi connectivity index (χ2n) is 18.5. The Morgan fingerprint density at radius 1 is 0.519 bits per heavy atom. The number of ether oxygens (including phenoxy) is 1. The van der Waals surface area contributed by atoms with Gasteiger partial charge in [0.25, 0.3) is 0 Å². The van der Waals surface area contributed by atoms with Crippen LogP contribution in [0.4, 0.5) is 0 Å². The van der Waals surface area contributed by atoms with E-state index in [4.69, 9.17) is 4.74 Å². The Kier molecular flexibility index (Phi) is 11.3. The van der Waals surface area contributed by atoms with Gasteiger partial charge >= 0.3 is 0 Å². The van der Waals surface area contributed by atoms with Crippen LogP contribution < -0.4 is 4.74 Å². The summed E-state index contributed by atoms with van der Waals surface area (Å²) in [4.78, 5) is 0.833. The van der Waals surface area contributed by atoms with Crippen molar-refractivity contribution in [3.8, 4) is 55.3 Å². The highest BCUT2D eigenvalue weighted by Crippen LogP contribution is 2.48. The van der Waals surface area contributed by atoms with Gasteiger partial charge in [0.1, 0.15) is 11.5 Å². The summed E-state index contributed by atoms with van der Waals surface area (Å²) >= 11 is 1.56. The summed E-state index contributed by atoms with van der Waals surface area (Å²) in [5.41, 5.74) is 12.4. The van der Waals surface area contributed by atoms with Crippen molar-refractivity contribution in [1.29, 1.82) is 0 Å². The van der Waals surface area contributed by atoms with Crippen LogP contribution in [-0.4, -0.2) is 23.4 Å². The van der Waals surface area contributed by atoms with Gasteiger partial charge in [-0.1, -0.05) is 138 Å². The topological polar surface area (TPSA) is 49.7 Å². The minimum atomic E-state index is -0.0203. The van der Waals surface area contributed by atoms with E-state index in [0.29, 0.717) is 13.0 Å². The molecule has 2 N–H and O–H groups in total. The summed E-state index contributed by atoms with van der Waals surface area (Å²) in [5, 5.41) is 23.3. The molecule has 0 aliphatic heterocycles. The molecule has 4 aromatic carbocycles. The molecule has 5 rings (SSSR count). The van der Waals surface area contributed by atoms with Crippen LogP contribution in [0.25, 0.3) is 43.8 Å². The van der Waals surface area contributed by atoms with Gasteiger partial charge in [0, 0.05) is 23.1 Å². The van der Waals surface area contributed by atoms with Gasteiger partial charge in [0.05, 0.1) is 11.5 Å². The highest BCUT2D eigenvalue weighted by atomic mass is 32.1. The zero-order chi connectivity index (χ0) is 38.2. The lowest BCUT2D eigenvalue weighted by Crippen LogP contribution is -2.16. The Morgan fingerprint density at radius 2 is 0.942 bits per heavy atom. The Balaban J connectivity index is 1.76. The quantitative estimate of drug-likeness (QED) is 0.149. The first-order chi connectivity index (χ1) is 24.2. The van der Waals surface area contributed by atoms with Crippen molar-refractivity contribution in [3.05, 3.63) is 106 Å². The minimum absolute atomic E-state index is 0.0203. The summed E-state index contributed by atoms with van der Waals surface area (Å²) in [6.07, 6.45) is 1.46. The van der Waals surface area contributed by atoms with E-state index in [9.17, 15) is 10.2 Å². The summed E-state index contributed by atoms with van der Waals surface area (Å²) < 4.78 is 6.15. The molecule has 3 nitrogen and oxygen atoms in total. The third-order valence-electron chi connectivity index (χ3n) is 9.94. The SMILES string of the molecule is CC(C)(C)c1cc(-c2cc(-c3cc(C(C)(C)C)cc(C(C)(C)C)c3)cc(-c3scc(-c4ccccc4OCCCCO)c3O)c2)cc(C(C)(C)C)c1. The zero-order valence-electron chi connectivity index (χ0n) is 33.6. The lowest BCUT2D eigenvalue weighted by atomic mass is 9.78. The molecule has 0 aliphatic carbocycles. The monoisotopic (exact) mass is 716 g/mol. The molecule has 0 spiro atoms. The molecule has 0 saturated heterocycles. The smallest absolute Gasteiger partial charge is 0.142 e. The first kappa shape index (κ1) is 39.3. The van der Waals surface area contributed by atoms with Crippen LogP contribution in [-0.2, 0) is 21.7 Å². The molecule has 0 fully saturated rings. The Labute approximate surface area is 317 Å². The van der Waals surface area contributed by atoms with E-state index in [0.717, 1.165) is 44.9 Å². The van der Waals surface area contributed by atoms with Crippen LogP contribution in [0.15, 0.2) is 84.2 Å². The summed E-state index contributed by atoms with van der Waals surface area (Å²) in [6, 6.07) is 28.9. The Bertz CT molecular complexity index is 1860. The van der Waals surface area contributed by atoms with Crippen LogP contribution in [0.2, 0.25) is 0 Å². The van der Waals surface area contributed by atoms with E-state index in [2.05, 4.69) is 138 Å². The molecule has 52 heavy (non-hydrogen) atoms. The van der Waals surface area contributed by atoms with Crippen LogP contribution in [0.1, 0.15) is 118 Å². The minimum Gasteiger partial charge on any atom is -0.506 e. The molecule has 0 bridgehead atoms. The predicted molar refractivity (Wildman–Crippen MR) is 224 cm³/mol. The molecule has 0 aliphatic rings. The maximum atomic E-state index is 12.0. The second kappa shape index (κ2) is 14.9. The van der Waals surface area contributed by atoms with E-state index in [1.807, 2.05) is 29.6 Å². The normalized spacial score (nSPS) is 12.7. The second-order valence-corrected chi connectivity index (χ2v) is 19.4. The molecule has 1 aromatic heterocycles. The highest BCUT2D eigenvalue weighted by Gasteiger charge is 2.25. The molecule has 4 heteroatoms. The van der Waals surface area contributed by atoms with Crippen molar-refractivity contribution in [2.75, 3.05) is 13.2 Å². The average Bonchev–Trinajstić information content (AvgIpc) is 3.45. The molecular formula is C48H60O3S. The number of rotatable bonds is 9. The van der Waals surface area contributed by atoms with E-state index in [1.165, 1.54) is 33.4 Å². The molecule has 0 unspecified atom stereocenters. The first-order valence-electron chi connectivity index (χ1n) is 18.8. The molecule has 0 saturated carbocycles. The third-order valence-corrected chi connectivity index (χ3v) is 11.0. The summed E-state index contributed by atoms with van der Waals surface area (Å²) in [5.74, 6) is 0.995. The van der Waals surface area contributed by atoms with E-state index >= 15 is 0 Å².